The van der Waals surface area contributed by atoms with Crippen LogP contribution in [0.5, 0.6) is 5.75 Å². The number of hydrogen-bond donors (Lipinski definition) is 1. The SMILES string of the molecule is CN(CC1CCCN1C)C(=O)c1cc(Cl)ccc1O. The summed E-state index contributed by atoms with van der Waals surface area (Å²) in [4.78, 5) is 16.2. The largest absolute Gasteiger partial charge is 0.507 e. The predicted molar refractivity (Wildman–Crippen MR) is 75.7 cm³/mol. The van der Waals surface area contributed by atoms with Gasteiger partial charge in [0.1, 0.15) is 5.75 Å². The standard InChI is InChI=1S/C14H19ClN2O2/c1-16-7-3-4-11(16)9-17(2)14(19)12-8-10(15)5-6-13(12)18/h5-6,8,11,18H,3-4,7,9H2,1-2H3. The van der Waals surface area contributed by atoms with Gasteiger partial charge in [0, 0.05) is 24.7 Å². The zero-order valence-electron chi connectivity index (χ0n) is 11.3. The number of phenols is 1. The van der Waals surface area contributed by atoms with Crippen LogP contribution in [0.4, 0.5) is 0 Å². The molecule has 1 unspecified atom stereocenters. The molecule has 1 aromatic rings. The Morgan fingerprint density at radius 3 is 2.95 bits per heavy atom. The number of nitrogens with zero attached hydrogens (tertiary/aromatic N) is 2. The lowest BCUT2D eigenvalue weighted by Gasteiger charge is -2.26. The molecule has 104 valence electrons. The van der Waals surface area contributed by atoms with Gasteiger partial charge in [-0.2, -0.15) is 0 Å². The Bertz CT molecular complexity index is 479. The fraction of sp³-hybridized carbons (Fsp3) is 0.500. The molecule has 1 fully saturated rings. The smallest absolute Gasteiger partial charge is 0.257 e. The highest BCUT2D eigenvalue weighted by atomic mass is 35.5. The number of phenolic OH excluding ortho intramolecular Hbond substituents is 1. The number of amides is 1. The Labute approximate surface area is 118 Å². The number of benzene rings is 1. The summed E-state index contributed by atoms with van der Waals surface area (Å²) in [6.07, 6.45) is 2.28. The molecule has 1 aliphatic rings. The van der Waals surface area contributed by atoms with Crippen LogP contribution in [0.3, 0.4) is 0 Å². The summed E-state index contributed by atoms with van der Waals surface area (Å²) in [5.74, 6) is -0.221. The number of rotatable bonds is 3. The molecule has 1 aromatic carbocycles. The van der Waals surface area contributed by atoms with E-state index < -0.39 is 0 Å². The average Bonchev–Trinajstić information content (AvgIpc) is 2.77. The summed E-state index contributed by atoms with van der Waals surface area (Å²) in [5.41, 5.74) is 0.260. The maximum atomic E-state index is 12.3. The number of carbonyl (C=O) groups is 1. The molecule has 0 aliphatic carbocycles. The summed E-state index contributed by atoms with van der Waals surface area (Å²) in [6, 6.07) is 4.92. The highest BCUT2D eigenvalue weighted by Gasteiger charge is 2.25. The third kappa shape index (κ3) is 3.19. The second kappa shape index (κ2) is 5.80. The van der Waals surface area contributed by atoms with Crippen molar-refractivity contribution in [3.8, 4) is 5.75 Å². The van der Waals surface area contributed by atoms with E-state index in [1.165, 1.54) is 18.6 Å². The highest BCUT2D eigenvalue weighted by molar-refractivity contribution is 6.31. The van der Waals surface area contributed by atoms with Crippen molar-refractivity contribution in [3.63, 3.8) is 0 Å². The molecule has 19 heavy (non-hydrogen) atoms. The van der Waals surface area contributed by atoms with E-state index in [4.69, 9.17) is 11.6 Å². The lowest BCUT2D eigenvalue weighted by Crippen LogP contribution is -2.39. The normalized spacial score (nSPS) is 19.6. The minimum absolute atomic E-state index is 0.0268. The van der Waals surface area contributed by atoms with Crippen LogP contribution < -0.4 is 0 Å². The first kappa shape index (κ1) is 14.2. The van der Waals surface area contributed by atoms with Crippen molar-refractivity contribution in [2.24, 2.45) is 0 Å². The van der Waals surface area contributed by atoms with Crippen molar-refractivity contribution in [3.05, 3.63) is 28.8 Å². The third-order valence-corrected chi connectivity index (χ3v) is 3.93. The van der Waals surface area contributed by atoms with Crippen LogP contribution in [0.15, 0.2) is 18.2 Å². The highest BCUT2D eigenvalue weighted by Crippen LogP contribution is 2.23. The van der Waals surface area contributed by atoms with Crippen molar-refractivity contribution in [2.45, 2.75) is 18.9 Å². The number of halogens is 1. The molecule has 1 atom stereocenters. The molecule has 0 aromatic heterocycles. The molecule has 4 nitrogen and oxygen atoms in total. The van der Waals surface area contributed by atoms with E-state index in [0.29, 0.717) is 17.6 Å². The maximum Gasteiger partial charge on any atom is 0.257 e. The average molecular weight is 283 g/mol. The fourth-order valence-electron chi connectivity index (χ4n) is 2.49. The second-order valence-corrected chi connectivity index (χ2v) is 5.56. The van der Waals surface area contributed by atoms with E-state index in [1.54, 1.807) is 18.0 Å². The van der Waals surface area contributed by atoms with E-state index in [0.717, 1.165) is 13.0 Å². The van der Waals surface area contributed by atoms with Gasteiger partial charge in [0.2, 0.25) is 0 Å². The first-order valence-corrected chi connectivity index (χ1v) is 6.81. The lowest BCUT2D eigenvalue weighted by molar-refractivity contribution is 0.0758. The van der Waals surface area contributed by atoms with Gasteiger partial charge in [-0.3, -0.25) is 4.79 Å². The van der Waals surface area contributed by atoms with Crippen LogP contribution in [0, 0.1) is 0 Å². The monoisotopic (exact) mass is 282 g/mol. The number of hydrogen-bond acceptors (Lipinski definition) is 3. The van der Waals surface area contributed by atoms with E-state index in [9.17, 15) is 9.90 Å². The predicted octanol–water partition coefficient (Wildman–Crippen LogP) is 2.21. The van der Waals surface area contributed by atoms with E-state index >= 15 is 0 Å². The van der Waals surface area contributed by atoms with E-state index in [2.05, 4.69) is 11.9 Å². The molecule has 0 saturated carbocycles. The van der Waals surface area contributed by atoms with Gasteiger partial charge in [0.15, 0.2) is 0 Å². The molecule has 5 heteroatoms. The first-order chi connectivity index (χ1) is 8.99. The Hall–Kier alpha value is -1.26. The molecule has 1 aliphatic heterocycles. The van der Waals surface area contributed by atoms with Crippen molar-refractivity contribution in [1.29, 1.82) is 0 Å². The minimum Gasteiger partial charge on any atom is -0.507 e. The zero-order valence-corrected chi connectivity index (χ0v) is 12.0. The maximum absolute atomic E-state index is 12.3. The Balaban J connectivity index is 2.08. The molecular formula is C14H19ClN2O2. The Morgan fingerprint density at radius 2 is 2.32 bits per heavy atom. The topological polar surface area (TPSA) is 43.8 Å². The number of carbonyl (C=O) groups excluding carboxylic acids is 1. The van der Waals surface area contributed by atoms with Gasteiger partial charge in [-0.15, -0.1) is 0 Å². The van der Waals surface area contributed by atoms with Crippen molar-refractivity contribution in [2.75, 3.05) is 27.2 Å². The van der Waals surface area contributed by atoms with Crippen LogP contribution in [0.1, 0.15) is 23.2 Å². The Morgan fingerprint density at radius 1 is 1.58 bits per heavy atom. The second-order valence-electron chi connectivity index (χ2n) is 5.12. The van der Waals surface area contributed by atoms with Gasteiger partial charge in [-0.1, -0.05) is 11.6 Å². The molecule has 0 bridgehead atoms. The van der Waals surface area contributed by atoms with Gasteiger partial charge in [0.05, 0.1) is 5.56 Å². The first-order valence-electron chi connectivity index (χ1n) is 6.43. The van der Waals surface area contributed by atoms with Crippen molar-refractivity contribution in [1.82, 2.24) is 9.80 Å². The molecular weight excluding hydrogens is 264 g/mol. The molecule has 1 heterocycles. The third-order valence-electron chi connectivity index (χ3n) is 3.69. The number of likely N-dealkylation sites (N-methyl/N-ethyl adjacent to an activating group) is 2. The molecule has 2 rings (SSSR count). The minimum atomic E-state index is -0.194. The summed E-state index contributed by atoms with van der Waals surface area (Å²) in [5, 5.41) is 10.2. The van der Waals surface area contributed by atoms with Crippen molar-refractivity contribution < 1.29 is 9.90 Å². The van der Waals surface area contributed by atoms with Gasteiger partial charge in [-0.25, -0.2) is 0 Å². The van der Waals surface area contributed by atoms with E-state index in [-0.39, 0.29) is 17.2 Å². The number of aromatic hydroxyl groups is 1. The van der Waals surface area contributed by atoms with Gasteiger partial charge < -0.3 is 14.9 Å². The number of likely N-dealkylation sites (tertiary alicyclic amines) is 1. The van der Waals surface area contributed by atoms with E-state index in [1.807, 2.05) is 0 Å². The van der Waals surface area contributed by atoms with Crippen LogP contribution in [-0.2, 0) is 0 Å². The van der Waals surface area contributed by atoms with Crippen LogP contribution in [0.25, 0.3) is 0 Å². The summed E-state index contributed by atoms with van der Waals surface area (Å²) in [7, 11) is 3.83. The van der Waals surface area contributed by atoms with Crippen LogP contribution in [-0.4, -0.2) is 54.0 Å². The van der Waals surface area contributed by atoms with Crippen LogP contribution >= 0.6 is 11.6 Å². The van der Waals surface area contributed by atoms with Gasteiger partial charge >= 0.3 is 0 Å². The molecule has 0 spiro atoms. The summed E-state index contributed by atoms with van der Waals surface area (Å²) >= 11 is 5.87. The Kier molecular flexibility index (Phi) is 4.32. The quantitative estimate of drug-likeness (QED) is 0.924. The lowest BCUT2D eigenvalue weighted by atomic mass is 10.1. The fourth-order valence-corrected chi connectivity index (χ4v) is 2.67. The molecule has 1 amide bonds. The molecule has 0 radical (unpaired) electrons. The summed E-state index contributed by atoms with van der Waals surface area (Å²) < 4.78 is 0. The van der Waals surface area contributed by atoms with Crippen molar-refractivity contribution >= 4 is 17.5 Å². The molecule has 1 N–H and O–H groups in total. The van der Waals surface area contributed by atoms with Crippen LogP contribution in [0.2, 0.25) is 5.02 Å². The zero-order chi connectivity index (χ0) is 14.0. The molecule has 1 saturated heterocycles. The van der Waals surface area contributed by atoms with Gasteiger partial charge in [-0.05, 0) is 44.6 Å². The summed E-state index contributed by atoms with van der Waals surface area (Å²) in [6.45, 7) is 1.75. The van der Waals surface area contributed by atoms with Gasteiger partial charge in [0.25, 0.3) is 5.91 Å².